The van der Waals surface area contributed by atoms with E-state index in [4.69, 9.17) is 16.1 Å². The van der Waals surface area contributed by atoms with Crippen LogP contribution in [0.1, 0.15) is 41.9 Å². The third kappa shape index (κ3) is 3.91. The molecule has 0 aliphatic rings. The van der Waals surface area contributed by atoms with Crippen LogP contribution >= 0.6 is 22.9 Å². The van der Waals surface area contributed by atoms with Gasteiger partial charge in [-0.2, -0.15) is 0 Å². The monoisotopic (exact) mass is 375 g/mol. The van der Waals surface area contributed by atoms with Crippen LogP contribution in [0, 0.1) is 6.92 Å². The summed E-state index contributed by atoms with van der Waals surface area (Å²) in [4.78, 5) is 17.6. The van der Waals surface area contributed by atoms with Crippen LogP contribution in [0.25, 0.3) is 10.6 Å². The van der Waals surface area contributed by atoms with Crippen molar-refractivity contribution in [2.24, 2.45) is 0 Å². The lowest BCUT2D eigenvalue weighted by Crippen LogP contribution is -2.12. The van der Waals surface area contributed by atoms with Crippen molar-refractivity contribution in [2.75, 3.05) is 5.32 Å². The molecule has 1 amide bonds. The summed E-state index contributed by atoms with van der Waals surface area (Å²) in [6.07, 6.45) is 0. The molecule has 3 aromatic rings. The van der Waals surface area contributed by atoms with Gasteiger partial charge in [-0.15, -0.1) is 11.3 Å². The summed E-state index contributed by atoms with van der Waals surface area (Å²) in [7, 11) is 0. The average Bonchev–Trinajstić information content (AvgIpc) is 3.14. The molecule has 2 aromatic heterocycles. The molecule has 0 aliphatic heterocycles. The van der Waals surface area contributed by atoms with Gasteiger partial charge in [-0.25, -0.2) is 4.98 Å². The van der Waals surface area contributed by atoms with Crippen LogP contribution in [0.15, 0.2) is 34.9 Å². The molecule has 130 valence electrons. The van der Waals surface area contributed by atoms with Crippen LogP contribution < -0.4 is 5.32 Å². The Morgan fingerprint density at radius 1 is 1.24 bits per heavy atom. The lowest BCUT2D eigenvalue weighted by molar-refractivity contribution is 0.102. The molecule has 0 saturated heterocycles. The number of hydrogen-bond donors (Lipinski definition) is 1. The first-order valence-corrected chi connectivity index (χ1v) is 8.95. The van der Waals surface area contributed by atoms with E-state index in [1.807, 2.05) is 39.8 Å². The molecule has 2 heterocycles. The largest absolute Gasteiger partial charge is 0.359 e. The standard InChI is InChI=1S/C18H18ClN3O2S/c1-10-15(25-17(20-10)11-5-7-12(19)8-6-11)16(23)21-14-9-13(24-22-14)18(2,3)4/h5-9H,1-4H3,(H,21,22,23). The van der Waals surface area contributed by atoms with E-state index >= 15 is 0 Å². The maximum Gasteiger partial charge on any atom is 0.268 e. The van der Waals surface area contributed by atoms with Gasteiger partial charge < -0.3 is 9.84 Å². The van der Waals surface area contributed by atoms with E-state index in [9.17, 15) is 4.79 Å². The summed E-state index contributed by atoms with van der Waals surface area (Å²) in [6, 6.07) is 9.12. The number of rotatable bonds is 3. The minimum absolute atomic E-state index is 0.169. The van der Waals surface area contributed by atoms with Gasteiger partial charge in [0.1, 0.15) is 15.6 Å². The van der Waals surface area contributed by atoms with Crippen molar-refractivity contribution in [3.05, 3.63) is 51.7 Å². The molecule has 5 nitrogen and oxygen atoms in total. The van der Waals surface area contributed by atoms with Crippen LogP contribution in [0.3, 0.4) is 0 Å². The fraction of sp³-hybridized carbons (Fsp3) is 0.278. The zero-order chi connectivity index (χ0) is 18.2. The fourth-order valence-electron chi connectivity index (χ4n) is 2.18. The van der Waals surface area contributed by atoms with Gasteiger partial charge in [0.2, 0.25) is 0 Å². The van der Waals surface area contributed by atoms with E-state index in [-0.39, 0.29) is 11.3 Å². The second-order valence-corrected chi connectivity index (χ2v) is 8.16. The molecule has 25 heavy (non-hydrogen) atoms. The SMILES string of the molecule is Cc1nc(-c2ccc(Cl)cc2)sc1C(=O)Nc1cc(C(C)(C)C)on1. The molecule has 0 aliphatic carbocycles. The number of nitrogens with one attached hydrogen (secondary N) is 1. The van der Waals surface area contributed by atoms with Crippen LogP contribution in [0.2, 0.25) is 5.02 Å². The number of halogens is 1. The Bertz CT molecular complexity index is 907. The molecule has 0 atom stereocenters. The van der Waals surface area contributed by atoms with Gasteiger partial charge >= 0.3 is 0 Å². The van der Waals surface area contributed by atoms with E-state index < -0.39 is 0 Å². The van der Waals surface area contributed by atoms with Crippen molar-refractivity contribution >= 4 is 34.7 Å². The number of aryl methyl sites for hydroxylation is 1. The van der Waals surface area contributed by atoms with Gasteiger partial charge in [0.25, 0.3) is 5.91 Å². The number of benzene rings is 1. The van der Waals surface area contributed by atoms with Gasteiger partial charge in [0.05, 0.1) is 5.69 Å². The molecule has 0 spiro atoms. The Labute approximate surface area is 155 Å². The van der Waals surface area contributed by atoms with Crippen LogP contribution in [0.4, 0.5) is 5.82 Å². The van der Waals surface area contributed by atoms with Crippen molar-refractivity contribution in [3.8, 4) is 10.6 Å². The van der Waals surface area contributed by atoms with Gasteiger partial charge in [-0.3, -0.25) is 4.79 Å². The zero-order valence-electron chi connectivity index (χ0n) is 14.4. The summed E-state index contributed by atoms with van der Waals surface area (Å²) in [5, 5.41) is 8.12. The highest BCUT2D eigenvalue weighted by Crippen LogP contribution is 2.30. The summed E-state index contributed by atoms with van der Waals surface area (Å²) in [6.45, 7) is 7.87. The van der Waals surface area contributed by atoms with Crippen molar-refractivity contribution in [1.82, 2.24) is 10.1 Å². The van der Waals surface area contributed by atoms with E-state index in [0.717, 1.165) is 10.6 Å². The van der Waals surface area contributed by atoms with Crippen LogP contribution in [-0.2, 0) is 5.41 Å². The topological polar surface area (TPSA) is 68.0 Å². The molecule has 7 heteroatoms. The summed E-state index contributed by atoms with van der Waals surface area (Å²) in [5.41, 5.74) is 1.43. The molecule has 0 saturated carbocycles. The Kier molecular flexibility index (Phi) is 4.67. The number of anilines is 1. The van der Waals surface area contributed by atoms with E-state index in [2.05, 4.69) is 15.5 Å². The number of thiazole rings is 1. The van der Waals surface area contributed by atoms with Crippen molar-refractivity contribution in [1.29, 1.82) is 0 Å². The first kappa shape index (κ1) is 17.6. The molecular weight excluding hydrogens is 358 g/mol. The Balaban J connectivity index is 1.81. The van der Waals surface area contributed by atoms with Crippen molar-refractivity contribution in [3.63, 3.8) is 0 Å². The van der Waals surface area contributed by atoms with Gasteiger partial charge in [-0.05, 0) is 19.1 Å². The number of carbonyl (C=O) groups is 1. The molecule has 0 unspecified atom stereocenters. The highest BCUT2D eigenvalue weighted by Gasteiger charge is 2.22. The summed E-state index contributed by atoms with van der Waals surface area (Å²) < 4.78 is 5.29. The van der Waals surface area contributed by atoms with Gasteiger partial charge in [-0.1, -0.05) is 49.7 Å². The molecule has 0 radical (unpaired) electrons. The summed E-state index contributed by atoms with van der Waals surface area (Å²) in [5.74, 6) is 0.866. The van der Waals surface area contributed by atoms with Gasteiger partial charge in [0.15, 0.2) is 5.82 Å². The smallest absolute Gasteiger partial charge is 0.268 e. The zero-order valence-corrected chi connectivity index (χ0v) is 16.0. The average molecular weight is 376 g/mol. The third-order valence-corrected chi connectivity index (χ3v) is 5.04. The van der Waals surface area contributed by atoms with E-state index in [1.165, 1.54) is 11.3 Å². The lowest BCUT2D eigenvalue weighted by atomic mass is 9.93. The molecule has 0 bridgehead atoms. The molecule has 3 rings (SSSR count). The van der Waals surface area contributed by atoms with Crippen LogP contribution in [0.5, 0.6) is 0 Å². The minimum atomic E-state index is -0.246. The maximum absolute atomic E-state index is 12.5. The van der Waals surface area contributed by atoms with E-state index in [0.29, 0.717) is 27.2 Å². The predicted octanol–water partition coefficient (Wildman–Crippen LogP) is 5.31. The minimum Gasteiger partial charge on any atom is -0.359 e. The fourth-order valence-corrected chi connectivity index (χ4v) is 3.28. The van der Waals surface area contributed by atoms with Crippen LogP contribution in [-0.4, -0.2) is 16.0 Å². The maximum atomic E-state index is 12.5. The quantitative estimate of drug-likeness (QED) is 0.673. The molecule has 1 N–H and O–H groups in total. The number of amides is 1. The first-order chi connectivity index (χ1) is 11.7. The normalized spacial score (nSPS) is 11.6. The number of hydrogen-bond acceptors (Lipinski definition) is 5. The second-order valence-electron chi connectivity index (χ2n) is 6.72. The Hall–Kier alpha value is -2.18. The van der Waals surface area contributed by atoms with Crippen molar-refractivity contribution < 1.29 is 9.32 Å². The number of aromatic nitrogens is 2. The van der Waals surface area contributed by atoms with E-state index in [1.54, 1.807) is 18.2 Å². The third-order valence-electron chi connectivity index (χ3n) is 3.58. The summed E-state index contributed by atoms with van der Waals surface area (Å²) >= 11 is 7.25. The molecule has 1 aromatic carbocycles. The molecule has 0 fully saturated rings. The first-order valence-electron chi connectivity index (χ1n) is 7.76. The highest BCUT2D eigenvalue weighted by molar-refractivity contribution is 7.17. The lowest BCUT2D eigenvalue weighted by Gasteiger charge is -2.11. The predicted molar refractivity (Wildman–Crippen MR) is 100 cm³/mol. The second kappa shape index (κ2) is 6.61. The number of carbonyl (C=O) groups excluding carboxylic acids is 1. The Morgan fingerprint density at radius 3 is 2.52 bits per heavy atom. The Morgan fingerprint density at radius 2 is 1.92 bits per heavy atom. The highest BCUT2D eigenvalue weighted by atomic mass is 35.5. The molecular formula is C18H18ClN3O2S. The van der Waals surface area contributed by atoms with Gasteiger partial charge in [0, 0.05) is 22.1 Å². The van der Waals surface area contributed by atoms with Crippen molar-refractivity contribution in [2.45, 2.75) is 33.1 Å². The number of nitrogens with zero attached hydrogens (tertiary/aromatic N) is 2.